The van der Waals surface area contributed by atoms with E-state index >= 15 is 0 Å². The lowest BCUT2D eigenvalue weighted by Gasteiger charge is -2.32. The smallest absolute Gasteiger partial charge is 0.253 e. The van der Waals surface area contributed by atoms with Gasteiger partial charge in [-0.15, -0.1) is 0 Å². The number of carbonyl (C=O) groups excluding carboxylic acids is 1. The van der Waals surface area contributed by atoms with E-state index in [1.165, 1.54) is 12.8 Å². The van der Waals surface area contributed by atoms with Crippen LogP contribution in [0.5, 0.6) is 0 Å². The lowest BCUT2D eigenvalue weighted by atomic mass is 9.94. The maximum Gasteiger partial charge on any atom is 0.253 e. The number of ether oxygens (including phenoxy) is 1. The summed E-state index contributed by atoms with van der Waals surface area (Å²) in [6.45, 7) is 5.39. The van der Waals surface area contributed by atoms with Gasteiger partial charge in [0, 0.05) is 51.4 Å². The van der Waals surface area contributed by atoms with Crippen molar-refractivity contribution in [2.24, 2.45) is 0 Å². The van der Waals surface area contributed by atoms with E-state index < -0.39 is 5.60 Å². The monoisotopic (exact) mass is 318 g/mol. The average Bonchev–Trinajstić information content (AvgIpc) is 3.07. The van der Waals surface area contributed by atoms with Crippen LogP contribution in [0.2, 0.25) is 0 Å². The zero-order valence-electron chi connectivity index (χ0n) is 13.8. The molecule has 0 radical (unpaired) electrons. The molecule has 23 heavy (non-hydrogen) atoms. The number of amides is 1. The van der Waals surface area contributed by atoms with Crippen LogP contribution in [0.4, 0.5) is 5.69 Å². The molecule has 0 unspecified atom stereocenters. The summed E-state index contributed by atoms with van der Waals surface area (Å²) in [5.41, 5.74) is 1.95. The number of nitrogens with one attached hydrogen (secondary N) is 1. The van der Waals surface area contributed by atoms with E-state index in [4.69, 9.17) is 4.74 Å². The van der Waals surface area contributed by atoms with Crippen LogP contribution in [0.25, 0.3) is 0 Å². The van der Waals surface area contributed by atoms with Gasteiger partial charge in [0.1, 0.15) is 0 Å². The third-order valence-electron chi connectivity index (χ3n) is 4.84. The highest BCUT2D eigenvalue weighted by atomic mass is 16.5. The van der Waals surface area contributed by atoms with Crippen LogP contribution >= 0.6 is 0 Å². The molecule has 0 atom stereocenters. The SMILES string of the molecule is Cc1ccc(N2CCCC2)c(C(=O)NCC2(O)CCOCC2)c1. The van der Waals surface area contributed by atoms with Crippen molar-refractivity contribution in [2.75, 3.05) is 37.7 Å². The fraction of sp³-hybridized carbons (Fsp3) is 0.611. The van der Waals surface area contributed by atoms with Gasteiger partial charge in [0.2, 0.25) is 0 Å². The Kier molecular flexibility index (Phi) is 4.87. The zero-order chi connectivity index (χ0) is 16.3. The second kappa shape index (κ2) is 6.89. The average molecular weight is 318 g/mol. The van der Waals surface area contributed by atoms with E-state index in [0.717, 1.165) is 24.3 Å². The fourth-order valence-corrected chi connectivity index (χ4v) is 3.33. The highest BCUT2D eigenvalue weighted by Gasteiger charge is 2.30. The van der Waals surface area contributed by atoms with Gasteiger partial charge in [-0.1, -0.05) is 11.6 Å². The standard InChI is InChI=1S/C18H26N2O3/c1-14-4-5-16(20-8-2-3-9-20)15(12-14)17(21)19-13-18(22)6-10-23-11-7-18/h4-5,12,22H,2-3,6-11,13H2,1H3,(H,19,21). The highest BCUT2D eigenvalue weighted by Crippen LogP contribution is 2.26. The Bertz CT molecular complexity index is 561. The fourth-order valence-electron chi connectivity index (χ4n) is 3.33. The lowest BCUT2D eigenvalue weighted by Crippen LogP contribution is -2.46. The highest BCUT2D eigenvalue weighted by molar-refractivity contribution is 6.00. The molecule has 0 spiro atoms. The Balaban J connectivity index is 1.72. The van der Waals surface area contributed by atoms with Crippen molar-refractivity contribution >= 4 is 11.6 Å². The van der Waals surface area contributed by atoms with Crippen LogP contribution in [0.3, 0.4) is 0 Å². The predicted octanol–water partition coefficient (Wildman–Crippen LogP) is 1.87. The number of rotatable bonds is 4. The first-order valence-electron chi connectivity index (χ1n) is 8.51. The number of aliphatic hydroxyl groups is 1. The second-order valence-electron chi connectivity index (χ2n) is 6.73. The summed E-state index contributed by atoms with van der Waals surface area (Å²) in [5.74, 6) is -0.101. The molecule has 0 saturated carbocycles. The molecule has 2 N–H and O–H groups in total. The van der Waals surface area contributed by atoms with Crippen molar-refractivity contribution in [2.45, 2.75) is 38.2 Å². The maximum absolute atomic E-state index is 12.7. The Morgan fingerprint density at radius 2 is 2.00 bits per heavy atom. The molecule has 2 aliphatic heterocycles. The summed E-state index contributed by atoms with van der Waals surface area (Å²) in [4.78, 5) is 15.0. The van der Waals surface area contributed by atoms with Crippen molar-refractivity contribution in [3.05, 3.63) is 29.3 Å². The third-order valence-corrected chi connectivity index (χ3v) is 4.84. The Labute approximate surface area is 137 Å². The first-order valence-corrected chi connectivity index (χ1v) is 8.51. The van der Waals surface area contributed by atoms with Crippen molar-refractivity contribution in [1.82, 2.24) is 5.32 Å². The summed E-state index contributed by atoms with van der Waals surface area (Å²) < 4.78 is 5.28. The van der Waals surface area contributed by atoms with E-state index in [9.17, 15) is 9.90 Å². The van der Waals surface area contributed by atoms with Crippen LogP contribution in [-0.2, 0) is 4.74 Å². The van der Waals surface area contributed by atoms with E-state index in [1.54, 1.807) is 0 Å². The summed E-state index contributed by atoms with van der Waals surface area (Å²) in [6, 6.07) is 6.03. The van der Waals surface area contributed by atoms with Crippen molar-refractivity contribution in [3.8, 4) is 0 Å². The summed E-state index contributed by atoms with van der Waals surface area (Å²) in [6.07, 6.45) is 3.49. The Morgan fingerprint density at radius 1 is 1.30 bits per heavy atom. The van der Waals surface area contributed by atoms with Crippen molar-refractivity contribution in [1.29, 1.82) is 0 Å². The Hall–Kier alpha value is -1.59. The summed E-state index contributed by atoms with van der Waals surface area (Å²) in [7, 11) is 0. The third kappa shape index (κ3) is 3.85. The predicted molar refractivity (Wildman–Crippen MR) is 90.0 cm³/mol. The van der Waals surface area contributed by atoms with Gasteiger partial charge >= 0.3 is 0 Å². The zero-order valence-corrected chi connectivity index (χ0v) is 13.8. The molecule has 2 heterocycles. The molecule has 5 heteroatoms. The van der Waals surface area contributed by atoms with Crippen LogP contribution in [-0.4, -0.2) is 49.5 Å². The minimum atomic E-state index is -0.842. The van der Waals surface area contributed by atoms with Crippen molar-refractivity contribution < 1.29 is 14.6 Å². The van der Waals surface area contributed by atoms with Gasteiger partial charge < -0.3 is 20.1 Å². The van der Waals surface area contributed by atoms with Gasteiger partial charge in [0.15, 0.2) is 0 Å². The number of hydrogen-bond acceptors (Lipinski definition) is 4. The molecule has 0 aromatic heterocycles. The molecule has 1 amide bonds. The van der Waals surface area contributed by atoms with Gasteiger partial charge in [0.05, 0.1) is 11.2 Å². The molecular formula is C18H26N2O3. The van der Waals surface area contributed by atoms with Gasteiger partial charge in [-0.25, -0.2) is 0 Å². The minimum absolute atomic E-state index is 0.101. The number of carbonyl (C=O) groups is 1. The van der Waals surface area contributed by atoms with Crippen LogP contribution < -0.4 is 10.2 Å². The number of aryl methyl sites for hydroxylation is 1. The first kappa shape index (κ1) is 16.3. The normalized spacial score (nSPS) is 20.5. The van der Waals surface area contributed by atoms with Gasteiger partial charge in [-0.2, -0.15) is 0 Å². The molecule has 2 saturated heterocycles. The molecule has 2 aliphatic rings. The molecular weight excluding hydrogens is 292 g/mol. The van der Waals surface area contributed by atoms with Crippen LogP contribution in [0, 0.1) is 6.92 Å². The van der Waals surface area contributed by atoms with Gasteiger partial charge in [0.25, 0.3) is 5.91 Å². The minimum Gasteiger partial charge on any atom is -0.388 e. The molecule has 0 bridgehead atoms. The Morgan fingerprint density at radius 3 is 2.70 bits per heavy atom. The van der Waals surface area contributed by atoms with E-state index in [2.05, 4.69) is 16.3 Å². The molecule has 0 aliphatic carbocycles. The second-order valence-corrected chi connectivity index (χ2v) is 6.73. The molecule has 1 aromatic carbocycles. The molecule has 5 nitrogen and oxygen atoms in total. The molecule has 2 fully saturated rings. The number of benzene rings is 1. The van der Waals surface area contributed by atoms with E-state index in [-0.39, 0.29) is 12.5 Å². The number of hydrogen-bond donors (Lipinski definition) is 2. The van der Waals surface area contributed by atoms with E-state index in [1.807, 2.05) is 19.1 Å². The molecule has 1 aromatic rings. The summed E-state index contributed by atoms with van der Waals surface area (Å²) in [5, 5.41) is 13.4. The molecule has 126 valence electrons. The maximum atomic E-state index is 12.7. The largest absolute Gasteiger partial charge is 0.388 e. The first-order chi connectivity index (χ1) is 11.1. The van der Waals surface area contributed by atoms with Crippen LogP contribution in [0.15, 0.2) is 18.2 Å². The quantitative estimate of drug-likeness (QED) is 0.890. The lowest BCUT2D eigenvalue weighted by molar-refractivity contribution is -0.0605. The van der Waals surface area contributed by atoms with Crippen LogP contribution in [0.1, 0.15) is 41.6 Å². The molecule has 3 rings (SSSR count). The number of anilines is 1. The number of nitrogens with zero attached hydrogens (tertiary/aromatic N) is 1. The van der Waals surface area contributed by atoms with E-state index in [0.29, 0.717) is 31.6 Å². The van der Waals surface area contributed by atoms with Crippen molar-refractivity contribution in [3.63, 3.8) is 0 Å². The summed E-state index contributed by atoms with van der Waals surface area (Å²) >= 11 is 0. The van der Waals surface area contributed by atoms with Gasteiger partial charge in [-0.05, 0) is 31.9 Å². The van der Waals surface area contributed by atoms with Gasteiger partial charge in [-0.3, -0.25) is 4.79 Å². The topological polar surface area (TPSA) is 61.8 Å².